The first-order chi connectivity index (χ1) is 38.7. The molecule has 80 heavy (non-hydrogen) atoms. The number of hydrogen-bond acceptors (Lipinski definition) is 15. The molecule has 0 saturated carbocycles. The molecule has 0 rings (SSSR count). The number of carbonyl (C=O) groups excluding carboxylic acids is 4. The minimum Gasteiger partial charge on any atom is -0.462 e. The van der Waals surface area contributed by atoms with Crippen LogP contribution >= 0.6 is 15.6 Å². The maximum absolute atomic E-state index is 12.9. The predicted octanol–water partition coefficient (Wildman–Crippen LogP) is 16.8. The fraction of sp³-hybridized carbons (Fsp3) is 0.934. The van der Waals surface area contributed by atoms with Crippen molar-refractivity contribution < 1.29 is 80.2 Å². The number of esters is 4. The SMILES string of the molecule is CCCCCCCCCCCCCCCC(=O)O[C@H](COC(=O)CCCCCCCCCCCCC)COP(=O)(O)OC[C@@H](O)COP(=O)(O)OC[C@@H](COC(=O)CCCCCCCCCC)OC(=O)CCCCCCCCCC. The number of phosphoric acid groups is 2. The molecule has 0 radical (unpaired) electrons. The standard InChI is InChI=1S/C61H118O17P2/c1-5-9-13-17-21-25-27-28-30-32-36-40-44-48-61(66)78-57(52-72-59(64)46-42-38-35-31-29-26-22-18-14-10-6-2)54-76-80(69,70)74-50-55(62)49-73-79(67,68)75-53-56(77-60(65)47-43-39-34-24-20-16-12-8-4)51-71-58(63)45-41-37-33-23-19-15-11-7-3/h55-57,62H,5-54H2,1-4H3,(H,67,68)(H,69,70)/t55-,56+,57+/m0/s1. The van der Waals surface area contributed by atoms with Gasteiger partial charge >= 0.3 is 39.5 Å². The molecule has 0 aromatic heterocycles. The summed E-state index contributed by atoms with van der Waals surface area (Å²) in [5.74, 6) is -2.14. The molecule has 0 aliphatic rings. The highest BCUT2D eigenvalue weighted by atomic mass is 31.2. The molecule has 2 unspecified atom stereocenters. The fourth-order valence-electron chi connectivity index (χ4n) is 9.10. The van der Waals surface area contributed by atoms with E-state index in [9.17, 15) is 43.2 Å². The van der Waals surface area contributed by atoms with Crippen molar-refractivity contribution in [3.63, 3.8) is 0 Å². The number of rotatable bonds is 62. The second kappa shape index (κ2) is 56.2. The van der Waals surface area contributed by atoms with E-state index in [2.05, 4.69) is 27.7 Å². The molecular weight excluding hydrogens is 1070 g/mol. The lowest BCUT2D eigenvalue weighted by Gasteiger charge is -2.21. The average molecular weight is 1190 g/mol. The Hall–Kier alpha value is -1.94. The van der Waals surface area contributed by atoms with Gasteiger partial charge in [0.05, 0.1) is 26.4 Å². The number of hydrogen-bond donors (Lipinski definition) is 3. The molecule has 0 heterocycles. The minimum atomic E-state index is -4.94. The van der Waals surface area contributed by atoms with Crippen molar-refractivity contribution in [2.45, 2.75) is 329 Å². The summed E-state index contributed by atoms with van der Waals surface area (Å²) in [5.41, 5.74) is 0. The van der Waals surface area contributed by atoms with Gasteiger partial charge in [-0.15, -0.1) is 0 Å². The Bertz CT molecular complexity index is 1550. The molecule has 19 heteroatoms. The van der Waals surface area contributed by atoms with Gasteiger partial charge in [-0.3, -0.25) is 37.3 Å². The van der Waals surface area contributed by atoms with E-state index in [0.29, 0.717) is 25.7 Å². The molecule has 0 spiro atoms. The van der Waals surface area contributed by atoms with Crippen LogP contribution in [0.5, 0.6) is 0 Å². The normalized spacial score (nSPS) is 14.2. The number of phosphoric ester groups is 2. The minimum absolute atomic E-state index is 0.105. The van der Waals surface area contributed by atoms with E-state index in [1.807, 2.05) is 0 Å². The molecule has 0 aliphatic carbocycles. The van der Waals surface area contributed by atoms with E-state index < -0.39 is 97.5 Å². The fourth-order valence-corrected chi connectivity index (χ4v) is 10.7. The molecule has 474 valence electrons. The summed E-state index contributed by atoms with van der Waals surface area (Å²) in [6, 6.07) is 0. The Morgan fingerprint density at radius 2 is 0.500 bits per heavy atom. The van der Waals surface area contributed by atoms with Crippen molar-refractivity contribution in [3.8, 4) is 0 Å². The number of ether oxygens (including phenoxy) is 4. The van der Waals surface area contributed by atoms with E-state index in [1.54, 1.807) is 0 Å². The van der Waals surface area contributed by atoms with Crippen molar-refractivity contribution >= 4 is 39.5 Å². The van der Waals surface area contributed by atoms with Crippen LogP contribution in [-0.2, 0) is 65.4 Å². The summed E-state index contributed by atoms with van der Waals surface area (Å²) in [7, 11) is -9.87. The van der Waals surface area contributed by atoms with E-state index in [-0.39, 0.29) is 25.7 Å². The van der Waals surface area contributed by atoms with Gasteiger partial charge in [-0.1, -0.05) is 259 Å². The van der Waals surface area contributed by atoms with Crippen LogP contribution in [0.4, 0.5) is 0 Å². The molecule has 0 aliphatic heterocycles. The van der Waals surface area contributed by atoms with Crippen molar-refractivity contribution in [1.82, 2.24) is 0 Å². The van der Waals surface area contributed by atoms with Crippen LogP contribution in [0.2, 0.25) is 0 Å². The van der Waals surface area contributed by atoms with Gasteiger partial charge in [-0.05, 0) is 25.7 Å². The van der Waals surface area contributed by atoms with E-state index in [0.717, 1.165) is 103 Å². The van der Waals surface area contributed by atoms with Gasteiger partial charge in [0.15, 0.2) is 12.2 Å². The first-order valence-electron chi connectivity index (χ1n) is 32.3. The number of aliphatic hydroxyl groups excluding tert-OH is 1. The first kappa shape index (κ1) is 78.1. The summed E-state index contributed by atoms with van der Waals surface area (Å²) in [4.78, 5) is 71.9. The lowest BCUT2D eigenvalue weighted by molar-refractivity contribution is -0.161. The van der Waals surface area contributed by atoms with E-state index in [1.165, 1.54) is 128 Å². The van der Waals surface area contributed by atoms with Crippen LogP contribution < -0.4 is 0 Å². The van der Waals surface area contributed by atoms with Gasteiger partial charge in [0.2, 0.25) is 0 Å². The highest BCUT2D eigenvalue weighted by Gasteiger charge is 2.30. The third kappa shape index (κ3) is 55.3. The Kier molecular flexibility index (Phi) is 54.8. The lowest BCUT2D eigenvalue weighted by atomic mass is 10.0. The van der Waals surface area contributed by atoms with Gasteiger partial charge in [0.25, 0.3) is 0 Å². The third-order valence-electron chi connectivity index (χ3n) is 14.1. The lowest BCUT2D eigenvalue weighted by Crippen LogP contribution is -2.30. The highest BCUT2D eigenvalue weighted by Crippen LogP contribution is 2.45. The number of carbonyl (C=O) groups is 4. The first-order valence-corrected chi connectivity index (χ1v) is 35.3. The maximum atomic E-state index is 12.9. The molecule has 0 saturated heterocycles. The molecule has 17 nitrogen and oxygen atoms in total. The Labute approximate surface area is 486 Å². The molecule has 0 aromatic carbocycles. The Balaban J connectivity index is 5.20. The van der Waals surface area contributed by atoms with Crippen LogP contribution in [0.3, 0.4) is 0 Å². The molecule has 0 amide bonds. The van der Waals surface area contributed by atoms with E-state index in [4.69, 9.17) is 37.0 Å². The topological polar surface area (TPSA) is 237 Å². The van der Waals surface area contributed by atoms with Crippen molar-refractivity contribution in [1.29, 1.82) is 0 Å². The maximum Gasteiger partial charge on any atom is 0.472 e. The van der Waals surface area contributed by atoms with E-state index >= 15 is 0 Å². The molecule has 3 N–H and O–H groups in total. The third-order valence-corrected chi connectivity index (χ3v) is 16.0. The quantitative estimate of drug-likeness (QED) is 0.0222. The zero-order chi connectivity index (χ0) is 59.1. The second-order valence-corrected chi connectivity index (χ2v) is 25.0. The van der Waals surface area contributed by atoms with Gasteiger partial charge in [0.1, 0.15) is 19.3 Å². The summed E-state index contributed by atoms with van der Waals surface area (Å²) in [6.07, 6.45) is 40.3. The zero-order valence-electron chi connectivity index (χ0n) is 51.0. The van der Waals surface area contributed by atoms with Gasteiger partial charge in [-0.25, -0.2) is 9.13 Å². The van der Waals surface area contributed by atoms with Crippen LogP contribution in [0.25, 0.3) is 0 Å². The van der Waals surface area contributed by atoms with Gasteiger partial charge in [0, 0.05) is 25.7 Å². The summed E-state index contributed by atoms with van der Waals surface area (Å²) in [5, 5.41) is 10.5. The largest absolute Gasteiger partial charge is 0.472 e. The summed E-state index contributed by atoms with van der Waals surface area (Å²) in [6.45, 7) is 4.82. The Morgan fingerprint density at radius 3 is 0.738 bits per heavy atom. The molecule has 5 atom stereocenters. The Morgan fingerprint density at radius 1 is 0.300 bits per heavy atom. The van der Waals surface area contributed by atoms with Crippen molar-refractivity contribution in [2.75, 3.05) is 39.6 Å². The van der Waals surface area contributed by atoms with Crippen LogP contribution in [0, 0.1) is 0 Å². The van der Waals surface area contributed by atoms with Gasteiger partial charge in [-0.2, -0.15) is 0 Å². The molecule has 0 aromatic rings. The predicted molar refractivity (Wildman–Crippen MR) is 317 cm³/mol. The van der Waals surface area contributed by atoms with Crippen molar-refractivity contribution in [3.05, 3.63) is 0 Å². The molecule has 0 bridgehead atoms. The highest BCUT2D eigenvalue weighted by molar-refractivity contribution is 7.47. The summed E-state index contributed by atoms with van der Waals surface area (Å²) >= 11 is 0. The van der Waals surface area contributed by atoms with Gasteiger partial charge < -0.3 is 33.8 Å². The molecule has 0 fully saturated rings. The van der Waals surface area contributed by atoms with Crippen LogP contribution in [0.15, 0.2) is 0 Å². The summed E-state index contributed by atoms with van der Waals surface area (Å²) < 4.78 is 67.8. The second-order valence-electron chi connectivity index (χ2n) is 22.1. The number of unbranched alkanes of at least 4 members (excludes halogenated alkanes) is 36. The van der Waals surface area contributed by atoms with Crippen LogP contribution in [-0.4, -0.2) is 96.7 Å². The average Bonchev–Trinajstić information content (AvgIpc) is 3.43. The smallest absolute Gasteiger partial charge is 0.462 e. The van der Waals surface area contributed by atoms with Crippen molar-refractivity contribution in [2.24, 2.45) is 0 Å². The monoisotopic (exact) mass is 1180 g/mol. The molecular formula is C61H118O17P2. The number of aliphatic hydroxyl groups is 1. The van der Waals surface area contributed by atoms with Crippen LogP contribution in [0.1, 0.15) is 310 Å². The zero-order valence-corrected chi connectivity index (χ0v) is 52.8.